The molecule has 7 nitrogen and oxygen atoms in total. The molecule has 0 saturated carbocycles. The fourth-order valence-electron chi connectivity index (χ4n) is 2.09. The average Bonchev–Trinajstić information content (AvgIpc) is 2.74. The first-order chi connectivity index (χ1) is 8.29. The van der Waals surface area contributed by atoms with E-state index < -0.39 is 0 Å². The summed E-state index contributed by atoms with van der Waals surface area (Å²) in [4.78, 5) is 20.1. The van der Waals surface area contributed by atoms with Crippen molar-refractivity contribution in [1.29, 1.82) is 0 Å². The van der Waals surface area contributed by atoms with E-state index in [2.05, 4.69) is 20.6 Å². The van der Waals surface area contributed by atoms with Crippen LogP contribution in [-0.4, -0.2) is 42.2 Å². The molecule has 2 aliphatic rings. The second kappa shape index (κ2) is 3.85. The van der Waals surface area contributed by atoms with Crippen molar-refractivity contribution in [3.63, 3.8) is 0 Å². The summed E-state index contributed by atoms with van der Waals surface area (Å²) in [5, 5.41) is 5.97. The number of carbonyl (C=O) groups is 1. The lowest BCUT2D eigenvalue weighted by Crippen LogP contribution is -2.33. The van der Waals surface area contributed by atoms with Crippen LogP contribution >= 0.6 is 0 Å². The van der Waals surface area contributed by atoms with Crippen LogP contribution in [0.25, 0.3) is 0 Å². The van der Waals surface area contributed by atoms with Crippen LogP contribution in [0.3, 0.4) is 0 Å². The predicted molar refractivity (Wildman–Crippen MR) is 58.9 cm³/mol. The number of hydrogen-bond donors (Lipinski definition) is 2. The monoisotopic (exact) mass is 236 g/mol. The van der Waals surface area contributed by atoms with Crippen molar-refractivity contribution < 1.29 is 14.3 Å². The molecule has 0 aliphatic carbocycles. The highest BCUT2D eigenvalue weighted by atomic mass is 16.5. The molecule has 17 heavy (non-hydrogen) atoms. The van der Waals surface area contributed by atoms with Crippen LogP contribution in [-0.2, 0) is 9.53 Å². The number of nitrogens with one attached hydrogen (secondary N) is 2. The Labute approximate surface area is 97.5 Å². The van der Waals surface area contributed by atoms with Crippen molar-refractivity contribution >= 4 is 17.4 Å². The van der Waals surface area contributed by atoms with Crippen LogP contribution in [0.5, 0.6) is 5.88 Å². The van der Waals surface area contributed by atoms with Gasteiger partial charge in [0.1, 0.15) is 12.0 Å². The van der Waals surface area contributed by atoms with Gasteiger partial charge in [0.25, 0.3) is 0 Å². The van der Waals surface area contributed by atoms with Crippen LogP contribution < -0.4 is 15.4 Å². The van der Waals surface area contributed by atoms with Crippen LogP contribution in [0.15, 0.2) is 6.33 Å². The highest BCUT2D eigenvalue weighted by Crippen LogP contribution is 2.33. The Morgan fingerprint density at radius 3 is 3.18 bits per heavy atom. The molecule has 3 heterocycles. The molecule has 0 radical (unpaired) electrons. The first-order valence-electron chi connectivity index (χ1n) is 5.33. The van der Waals surface area contributed by atoms with Gasteiger partial charge in [-0.1, -0.05) is 0 Å². The molecule has 3 rings (SSSR count). The number of carbonyl (C=O) groups excluding carboxylic acids is 1. The lowest BCUT2D eigenvalue weighted by molar-refractivity contribution is -0.119. The first-order valence-corrected chi connectivity index (χ1v) is 5.33. The maximum absolute atomic E-state index is 12.0. The van der Waals surface area contributed by atoms with Gasteiger partial charge in [0, 0.05) is 0 Å². The Kier molecular flexibility index (Phi) is 2.32. The lowest BCUT2D eigenvalue weighted by Gasteiger charge is -2.13. The normalized spacial score (nSPS) is 26.3. The topological polar surface area (TPSA) is 85.4 Å². The molecule has 2 unspecified atom stereocenters. The third-order valence-electron chi connectivity index (χ3n) is 2.99. The number of amides is 1. The van der Waals surface area contributed by atoms with Gasteiger partial charge >= 0.3 is 0 Å². The number of methoxy groups -OCH3 is 1. The molecule has 1 fully saturated rings. The van der Waals surface area contributed by atoms with Crippen LogP contribution in [0.1, 0.15) is 0 Å². The zero-order valence-electron chi connectivity index (χ0n) is 9.27. The number of nitrogens with zero attached hydrogens (tertiary/aromatic N) is 2. The van der Waals surface area contributed by atoms with Crippen molar-refractivity contribution in [2.75, 3.05) is 31.0 Å². The third-order valence-corrected chi connectivity index (χ3v) is 2.99. The van der Waals surface area contributed by atoms with Crippen LogP contribution in [0, 0.1) is 5.92 Å². The van der Waals surface area contributed by atoms with E-state index in [0.717, 1.165) is 0 Å². The summed E-state index contributed by atoms with van der Waals surface area (Å²) in [6, 6.07) is -0.0455. The number of anilines is 2. The second-order valence-electron chi connectivity index (χ2n) is 3.99. The zero-order valence-corrected chi connectivity index (χ0v) is 9.27. The summed E-state index contributed by atoms with van der Waals surface area (Å²) in [6.45, 7) is 0.928. The summed E-state index contributed by atoms with van der Waals surface area (Å²) in [6.07, 6.45) is 1.40. The molecule has 2 atom stereocenters. The van der Waals surface area contributed by atoms with Gasteiger partial charge in [0.2, 0.25) is 11.8 Å². The van der Waals surface area contributed by atoms with Crippen molar-refractivity contribution in [3.8, 4) is 5.88 Å². The van der Waals surface area contributed by atoms with Crippen molar-refractivity contribution in [3.05, 3.63) is 6.33 Å². The summed E-state index contributed by atoms with van der Waals surface area (Å²) < 4.78 is 10.4. The number of hydrogen-bond acceptors (Lipinski definition) is 6. The molecule has 2 N–H and O–H groups in total. The summed E-state index contributed by atoms with van der Waals surface area (Å²) in [7, 11) is 1.50. The molecule has 1 aromatic rings. The van der Waals surface area contributed by atoms with Crippen LogP contribution in [0.4, 0.5) is 11.5 Å². The summed E-state index contributed by atoms with van der Waals surface area (Å²) >= 11 is 0. The minimum absolute atomic E-state index is 0.0455. The molecule has 1 amide bonds. The van der Waals surface area contributed by atoms with Gasteiger partial charge in [0.15, 0.2) is 5.82 Å². The number of aromatic nitrogens is 2. The Morgan fingerprint density at radius 2 is 2.35 bits per heavy atom. The van der Waals surface area contributed by atoms with E-state index in [9.17, 15) is 4.79 Å². The number of fused-ring (bicyclic) bond motifs is 2. The third kappa shape index (κ3) is 1.59. The first kappa shape index (κ1) is 10.3. The maximum atomic E-state index is 12.0. The van der Waals surface area contributed by atoms with Gasteiger partial charge in [-0.3, -0.25) is 4.79 Å². The quantitative estimate of drug-likeness (QED) is 0.706. The SMILES string of the molecule is COc1ncnc2c1NC(=O)C1COCC1N2. The van der Waals surface area contributed by atoms with Gasteiger partial charge in [-0.25, -0.2) is 4.98 Å². The molecule has 2 aliphatic heterocycles. The number of ether oxygens (including phenoxy) is 2. The smallest absolute Gasteiger partial charge is 0.242 e. The van der Waals surface area contributed by atoms with E-state index in [0.29, 0.717) is 30.6 Å². The highest BCUT2D eigenvalue weighted by molar-refractivity contribution is 5.98. The molecule has 0 aromatic carbocycles. The van der Waals surface area contributed by atoms with Crippen molar-refractivity contribution in [2.24, 2.45) is 5.92 Å². The maximum Gasteiger partial charge on any atom is 0.242 e. The molecule has 90 valence electrons. The van der Waals surface area contributed by atoms with Crippen LogP contribution in [0.2, 0.25) is 0 Å². The van der Waals surface area contributed by atoms with Gasteiger partial charge < -0.3 is 20.1 Å². The van der Waals surface area contributed by atoms with Gasteiger partial charge in [-0.2, -0.15) is 4.98 Å². The van der Waals surface area contributed by atoms with E-state index in [1.807, 2.05) is 0 Å². The van der Waals surface area contributed by atoms with E-state index >= 15 is 0 Å². The van der Waals surface area contributed by atoms with Crippen molar-refractivity contribution in [2.45, 2.75) is 6.04 Å². The minimum Gasteiger partial charge on any atom is -0.479 e. The Bertz CT molecular complexity index is 465. The van der Waals surface area contributed by atoms with E-state index in [1.165, 1.54) is 13.4 Å². The lowest BCUT2D eigenvalue weighted by atomic mass is 10.0. The zero-order chi connectivity index (χ0) is 11.8. The van der Waals surface area contributed by atoms with E-state index in [-0.39, 0.29) is 17.9 Å². The van der Waals surface area contributed by atoms with Gasteiger partial charge in [-0.05, 0) is 0 Å². The van der Waals surface area contributed by atoms with Gasteiger partial charge in [0.05, 0.1) is 32.3 Å². The van der Waals surface area contributed by atoms with E-state index in [1.54, 1.807) is 0 Å². The summed E-state index contributed by atoms with van der Waals surface area (Å²) in [5.41, 5.74) is 0.495. The van der Waals surface area contributed by atoms with Gasteiger partial charge in [-0.15, -0.1) is 0 Å². The van der Waals surface area contributed by atoms with Crippen molar-refractivity contribution in [1.82, 2.24) is 9.97 Å². The number of rotatable bonds is 1. The molecule has 7 heteroatoms. The highest BCUT2D eigenvalue weighted by Gasteiger charge is 2.38. The Balaban J connectivity index is 2.03. The van der Waals surface area contributed by atoms with E-state index in [4.69, 9.17) is 9.47 Å². The molecule has 1 aromatic heterocycles. The fraction of sp³-hybridized carbons (Fsp3) is 0.500. The molecular weight excluding hydrogens is 224 g/mol. The predicted octanol–water partition coefficient (Wildman–Crippen LogP) is -0.136. The minimum atomic E-state index is -0.200. The molecule has 0 bridgehead atoms. The molecule has 1 saturated heterocycles. The summed E-state index contributed by atoms with van der Waals surface area (Å²) in [5.74, 6) is 0.640. The fourth-order valence-corrected chi connectivity index (χ4v) is 2.09. The average molecular weight is 236 g/mol. The standard InChI is InChI=1S/C10H12N4O3/c1-16-10-7-8(11-4-12-10)13-6-3-17-2-5(6)9(15)14-7/h4-6H,2-3H2,1H3,(H,14,15)(H,11,12,13). The largest absolute Gasteiger partial charge is 0.479 e. The Hall–Kier alpha value is -1.89. The Morgan fingerprint density at radius 1 is 1.47 bits per heavy atom. The molecule has 0 spiro atoms. The molecular formula is C10H12N4O3. The second-order valence-corrected chi connectivity index (χ2v) is 3.99.